The molecule has 0 amide bonds. The molecule has 2 unspecified atom stereocenters. The van der Waals surface area contributed by atoms with Crippen molar-refractivity contribution in [2.75, 3.05) is 7.05 Å². The predicted molar refractivity (Wildman–Crippen MR) is 82.2 cm³/mol. The summed E-state index contributed by atoms with van der Waals surface area (Å²) in [6, 6.07) is 9.99. The van der Waals surface area contributed by atoms with Crippen LogP contribution in [0.15, 0.2) is 24.3 Å². The van der Waals surface area contributed by atoms with Crippen LogP contribution in [0.3, 0.4) is 0 Å². The van der Waals surface area contributed by atoms with Crippen LogP contribution >= 0.6 is 0 Å². The van der Waals surface area contributed by atoms with Crippen LogP contribution < -0.4 is 5.73 Å². The lowest BCUT2D eigenvalue weighted by molar-refractivity contribution is 0.150. The van der Waals surface area contributed by atoms with Gasteiger partial charge in [-0.3, -0.25) is 4.90 Å². The molecule has 1 aromatic rings. The zero-order valence-corrected chi connectivity index (χ0v) is 12.6. The summed E-state index contributed by atoms with van der Waals surface area (Å²) in [5.41, 5.74) is 9.22. The third-order valence-electron chi connectivity index (χ3n) is 4.72. The van der Waals surface area contributed by atoms with Crippen LogP contribution in [0.4, 0.5) is 0 Å². The molecular weight excluding hydrogens is 232 g/mol. The summed E-state index contributed by atoms with van der Waals surface area (Å²) in [5, 5.41) is 0. The number of hydrogen-bond acceptors (Lipinski definition) is 2. The molecular formula is C17H28N2. The second-order valence-electron chi connectivity index (χ2n) is 5.98. The molecule has 0 aromatic heterocycles. The summed E-state index contributed by atoms with van der Waals surface area (Å²) >= 11 is 0. The van der Waals surface area contributed by atoms with Crippen molar-refractivity contribution < 1.29 is 0 Å². The largest absolute Gasteiger partial charge is 0.326 e. The van der Waals surface area contributed by atoms with E-state index in [0.717, 1.165) is 6.42 Å². The summed E-state index contributed by atoms with van der Waals surface area (Å²) in [6.07, 6.45) is 6.43. The molecule has 1 fully saturated rings. The van der Waals surface area contributed by atoms with E-state index in [1.54, 1.807) is 0 Å². The van der Waals surface area contributed by atoms with Crippen molar-refractivity contribution >= 4 is 0 Å². The molecule has 19 heavy (non-hydrogen) atoms. The van der Waals surface area contributed by atoms with E-state index in [1.165, 1.54) is 36.8 Å². The third-order valence-corrected chi connectivity index (χ3v) is 4.72. The Balaban J connectivity index is 2.27. The predicted octanol–water partition coefficient (Wildman–Crippen LogP) is 3.65. The van der Waals surface area contributed by atoms with Crippen LogP contribution in [-0.4, -0.2) is 24.0 Å². The van der Waals surface area contributed by atoms with Crippen molar-refractivity contribution in [2.45, 2.75) is 64.1 Å². The average Bonchev–Trinajstić information content (AvgIpc) is 2.94. The molecule has 106 valence electrons. The van der Waals surface area contributed by atoms with Crippen LogP contribution in [0.25, 0.3) is 0 Å². The third kappa shape index (κ3) is 3.18. The second kappa shape index (κ2) is 6.53. The monoisotopic (exact) mass is 260 g/mol. The van der Waals surface area contributed by atoms with Crippen LogP contribution in [0, 0.1) is 6.92 Å². The van der Waals surface area contributed by atoms with E-state index >= 15 is 0 Å². The topological polar surface area (TPSA) is 29.3 Å². The molecule has 2 atom stereocenters. The summed E-state index contributed by atoms with van der Waals surface area (Å²) in [6.45, 7) is 4.39. The maximum Gasteiger partial charge on any atom is 0.0501 e. The van der Waals surface area contributed by atoms with Gasteiger partial charge in [-0.15, -0.1) is 0 Å². The Bertz CT molecular complexity index is 396. The molecule has 0 spiro atoms. The molecule has 0 saturated heterocycles. The summed E-state index contributed by atoms with van der Waals surface area (Å²) in [5.74, 6) is 0. The van der Waals surface area contributed by atoms with Gasteiger partial charge < -0.3 is 5.73 Å². The molecule has 1 aliphatic rings. The molecule has 0 aliphatic heterocycles. The molecule has 1 aliphatic carbocycles. The van der Waals surface area contributed by atoms with Crippen molar-refractivity contribution in [1.29, 1.82) is 0 Å². The van der Waals surface area contributed by atoms with Crippen molar-refractivity contribution in [2.24, 2.45) is 5.73 Å². The molecule has 0 radical (unpaired) electrons. The molecule has 1 saturated carbocycles. The van der Waals surface area contributed by atoms with Crippen molar-refractivity contribution in [1.82, 2.24) is 4.90 Å². The van der Waals surface area contributed by atoms with Crippen LogP contribution in [-0.2, 0) is 0 Å². The summed E-state index contributed by atoms with van der Waals surface area (Å²) in [7, 11) is 2.27. The van der Waals surface area contributed by atoms with E-state index in [-0.39, 0.29) is 6.04 Å². The Hall–Kier alpha value is -0.860. The van der Waals surface area contributed by atoms with Gasteiger partial charge in [0.1, 0.15) is 0 Å². The fourth-order valence-electron chi connectivity index (χ4n) is 3.43. The lowest BCUT2D eigenvalue weighted by Gasteiger charge is -2.37. The first-order valence-electron chi connectivity index (χ1n) is 7.68. The molecule has 2 rings (SSSR count). The van der Waals surface area contributed by atoms with Gasteiger partial charge in [0.2, 0.25) is 0 Å². The number of nitrogens with two attached hydrogens (primary N) is 1. The van der Waals surface area contributed by atoms with Crippen LogP contribution in [0.5, 0.6) is 0 Å². The molecule has 0 heterocycles. The Morgan fingerprint density at radius 3 is 2.47 bits per heavy atom. The highest BCUT2D eigenvalue weighted by molar-refractivity contribution is 5.30. The normalized spacial score (nSPS) is 19.8. The Labute approximate surface area is 118 Å². The Kier molecular flexibility index (Phi) is 5.00. The molecule has 2 nitrogen and oxygen atoms in total. The highest BCUT2D eigenvalue weighted by Gasteiger charge is 2.30. The van der Waals surface area contributed by atoms with Gasteiger partial charge in [0, 0.05) is 12.1 Å². The number of rotatable bonds is 5. The van der Waals surface area contributed by atoms with E-state index in [4.69, 9.17) is 5.73 Å². The minimum Gasteiger partial charge on any atom is -0.326 e. The van der Waals surface area contributed by atoms with Gasteiger partial charge in [-0.05, 0) is 44.4 Å². The second-order valence-corrected chi connectivity index (χ2v) is 5.98. The molecule has 2 heteroatoms. The van der Waals surface area contributed by atoms with Crippen molar-refractivity contribution in [3.63, 3.8) is 0 Å². The van der Waals surface area contributed by atoms with Gasteiger partial charge in [-0.1, -0.05) is 44.0 Å². The van der Waals surface area contributed by atoms with Gasteiger partial charge in [-0.25, -0.2) is 0 Å². The van der Waals surface area contributed by atoms with Gasteiger partial charge in [0.05, 0.1) is 6.04 Å². The molecule has 1 aromatic carbocycles. The number of hydrogen-bond donors (Lipinski definition) is 1. The molecule has 0 bridgehead atoms. The maximum atomic E-state index is 6.44. The first-order chi connectivity index (χ1) is 9.15. The van der Waals surface area contributed by atoms with E-state index in [1.807, 2.05) is 0 Å². The van der Waals surface area contributed by atoms with E-state index in [2.05, 4.69) is 50.1 Å². The first-order valence-corrected chi connectivity index (χ1v) is 7.68. The SMILES string of the molecule is CCC(N)C(c1ccccc1C)N(C)C1CCCC1. The minimum absolute atomic E-state index is 0.215. The Morgan fingerprint density at radius 1 is 1.26 bits per heavy atom. The van der Waals surface area contributed by atoms with Crippen LogP contribution in [0.1, 0.15) is 56.2 Å². The smallest absolute Gasteiger partial charge is 0.0501 e. The average molecular weight is 260 g/mol. The quantitative estimate of drug-likeness (QED) is 0.875. The minimum atomic E-state index is 0.215. The highest BCUT2D eigenvalue weighted by atomic mass is 15.2. The zero-order chi connectivity index (χ0) is 13.8. The lowest BCUT2D eigenvalue weighted by Crippen LogP contribution is -2.43. The number of likely N-dealkylation sites (N-methyl/N-ethyl adjacent to an activating group) is 1. The fourth-order valence-corrected chi connectivity index (χ4v) is 3.43. The number of nitrogens with zero attached hydrogens (tertiary/aromatic N) is 1. The molecule has 2 N–H and O–H groups in total. The lowest BCUT2D eigenvalue weighted by atomic mass is 9.92. The maximum absolute atomic E-state index is 6.44. The fraction of sp³-hybridized carbons (Fsp3) is 0.647. The number of benzene rings is 1. The van der Waals surface area contributed by atoms with Crippen LogP contribution in [0.2, 0.25) is 0 Å². The van der Waals surface area contributed by atoms with Gasteiger partial charge in [0.25, 0.3) is 0 Å². The summed E-state index contributed by atoms with van der Waals surface area (Å²) < 4.78 is 0. The highest BCUT2D eigenvalue weighted by Crippen LogP contribution is 2.33. The Morgan fingerprint density at radius 2 is 1.89 bits per heavy atom. The zero-order valence-electron chi connectivity index (χ0n) is 12.6. The first kappa shape index (κ1) is 14.5. The van der Waals surface area contributed by atoms with Gasteiger partial charge >= 0.3 is 0 Å². The van der Waals surface area contributed by atoms with Gasteiger partial charge in [-0.2, -0.15) is 0 Å². The van der Waals surface area contributed by atoms with E-state index in [9.17, 15) is 0 Å². The van der Waals surface area contributed by atoms with Crippen molar-refractivity contribution in [3.8, 4) is 0 Å². The number of aryl methyl sites for hydroxylation is 1. The van der Waals surface area contributed by atoms with E-state index < -0.39 is 0 Å². The van der Waals surface area contributed by atoms with Gasteiger partial charge in [0.15, 0.2) is 0 Å². The standard InChI is InChI=1S/C17H28N2/c1-4-16(18)17(15-12-8-5-9-13(15)2)19(3)14-10-6-7-11-14/h5,8-9,12,14,16-17H,4,6-7,10-11,18H2,1-3H3. The summed E-state index contributed by atoms with van der Waals surface area (Å²) in [4.78, 5) is 2.55. The van der Waals surface area contributed by atoms with E-state index in [0.29, 0.717) is 12.1 Å². The van der Waals surface area contributed by atoms with Crippen molar-refractivity contribution in [3.05, 3.63) is 35.4 Å².